The molecule has 0 unspecified atom stereocenters. The Morgan fingerprint density at radius 1 is 0.789 bits per heavy atom. The molecule has 1 fully saturated rings. The van der Waals surface area contributed by atoms with Gasteiger partial charge in [0.1, 0.15) is 13.2 Å². The van der Waals surface area contributed by atoms with E-state index in [2.05, 4.69) is 55.0 Å². The van der Waals surface area contributed by atoms with Crippen molar-refractivity contribution in [3.05, 3.63) is 66.1 Å². The Kier molecular flexibility index (Phi) is 10.8. The molecule has 1 aliphatic heterocycles. The Labute approximate surface area is 222 Å². The molecule has 203 valence electrons. The first-order chi connectivity index (χ1) is 18.6. The number of fused-ring (bicyclic) bond motifs is 3. The number of benzene rings is 2. The van der Waals surface area contributed by atoms with E-state index < -0.39 is 5.97 Å². The smallest absolute Gasteiger partial charge is 0.332 e. The van der Waals surface area contributed by atoms with Gasteiger partial charge in [0, 0.05) is 25.4 Å². The van der Waals surface area contributed by atoms with Crippen molar-refractivity contribution in [2.75, 3.05) is 52.9 Å². The summed E-state index contributed by atoms with van der Waals surface area (Å²) in [6.45, 7) is 2.08. The van der Waals surface area contributed by atoms with Crippen molar-refractivity contribution in [2.45, 2.75) is 31.6 Å². The van der Waals surface area contributed by atoms with Crippen LogP contribution >= 0.6 is 0 Å². The van der Waals surface area contributed by atoms with E-state index in [1.165, 1.54) is 22.3 Å². The summed E-state index contributed by atoms with van der Waals surface area (Å²) in [5.41, 5.74) is 5.24. The average molecular weight is 525 g/mol. The Morgan fingerprint density at radius 2 is 1.39 bits per heavy atom. The molecule has 2 aromatic rings. The van der Waals surface area contributed by atoms with E-state index in [4.69, 9.17) is 23.8 Å². The van der Waals surface area contributed by atoms with Gasteiger partial charge in [0.15, 0.2) is 0 Å². The molecule has 0 atom stereocenters. The van der Waals surface area contributed by atoms with E-state index in [1.54, 1.807) is 0 Å². The number of carbonyl (C=O) groups is 3. The minimum absolute atomic E-state index is 0.103. The van der Waals surface area contributed by atoms with Gasteiger partial charge in [0.05, 0.1) is 33.0 Å². The monoisotopic (exact) mass is 524 g/mol. The van der Waals surface area contributed by atoms with Gasteiger partial charge in [-0.3, -0.25) is 14.4 Å². The number of hydrogen-bond donors (Lipinski definition) is 0. The van der Waals surface area contributed by atoms with Gasteiger partial charge in [0.25, 0.3) is 11.8 Å². The largest absolute Gasteiger partial charge is 0.462 e. The zero-order chi connectivity index (χ0) is 26.6. The third-order valence-electron chi connectivity index (χ3n) is 6.34. The van der Waals surface area contributed by atoms with Crippen molar-refractivity contribution in [1.29, 1.82) is 0 Å². The fourth-order valence-corrected chi connectivity index (χ4v) is 4.57. The van der Waals surface area contributed by atoms with Crippen molar-refractivity contribution >= 4 is 17.8 Å². The Balaban J connectivity index is 0.962. The molecule has 0 N–H and O–H groups in total. The van der Waals surface area contributed by atoms with Crippen LogP contribution in [0.3, 0.4) is 0 Å². The summed E-state index contributed by atoms with van der Waals surface area (Å²) in [6, 6.07) is 17.0. The number of nitrogens with zero attached hydrogens (tertiary/aromatic N) is 1. The quantitative estimate of drug-likeness (QED) is 0.176. The first kappa shape index (κ1) is 27.9. The fourth-order valence-electron chi connectivity index (χ4n) is 4.57. The van der Waals surface area contributed by atoms with Crippen LogP contribution in [-0.4, -0.2) is 75.7 Å². The van der Waals surface area contributed by atoms with Gasteiger partial charge in [-0.05, 0) is 41.5 Å². The van der Waals surface area contributed by atoms with Crippen molar-refractivity contribution in [2.24, 2.45) is 0 Å². The van der Waals surface area contributed by atoms with E-state index in [-0.39, 0.29) is 51.1 Å². The molecular weight excluding hydrogens is 490 g/mol. The van der Waals surface area contributed by atoms with Crippen LogP contribution in [0.2, 0.25) is 0 Å². The van der Waals surface area contributed by atoms with Crippen molar-refractivity contribution < 1.29 is 38.2 Å². The van der Waals surface area contributed by atoms with Crippen LogP contribution in [0.1, 0.15) is 42.7 Å². The van der Waals surface area contributed by atoms with E-state index in [9.17, 15) is 14.4 Å². The maximum absolute atomic E-state index is 11.9. The van der Waals surface area contributed by atoms with Gasteiger partial charge in [-0.1, -0.05) is 48.5 Å². The van der Waals surface area contributed by atoms with E-state index in [0.29, 0.717) is 38.8 Å². The maximum atomic E-state index is 11.9. The van der Waals surface area contributed by atoms with Gasteiger partial charge in [0.2, 0.25) is 0 Å². The number of ether oxygens (including phenoxy) is 4. The highest BCUT2D eigenvalue weighted by Crippen LogP contribution is 2.46. The summed E-state index contributed by atoms with van der Waals surface area (Å²) in [7, 11) is 0. The second kappa shape index (κ2) is 14.7. The van der Waals surface area contributed by atoms with Crippen LogP contribution in [0.25, 0.3) is 11.1 Å². The van der Waals surface area contributed by atoms with Gasteiger partial charge >= 0.3 is 5.97 Å². The van der Waals surface area contributed by atoms with Crippen LogP contribution < -0.4 is 0 Å². The SMILES string of the molecule is O=C(COC[CH]CC1c2ccccc2-c2ccccc21)OCCOCCOCCCON1C(=O)CCC1=O. The highest BCUT2D eigenvalue weighted by Gasteiger charge is 2.30. The lowest BCUT2D eigenvalue weighted by atomic mass is 9.92. The number of amides is 2. The van der Waals surface area contributed by atoms with E-state index in [1.807, 2.05) is 0 Å². The molecule has 0 spiro atoms. The second-order valence-corrected chi connectivity index (χ2v) is 8.98. The standard InChI is InChI=1S/C29H34NO8/c31-27-12-13-28(32)30(27)38-16-6-15-34-17-18-35-19-20-37-29(33)21-36-14-5-11-26-24-9-3-1-7-22(24)23-8-2-4-10-25(23)26/h1-5,7-10,26H,6,11-21H2. The van der Waals surface area contributed by atoms with Crippen molar-refractivity contribution in [3.8, 4) is 11.1 Å². The molecule has 2 aliphatic rings. The zero-order valence-corrected chi connectivity index (χ0v) is 21.5. The molecule has 2 amide bonds. The number of esters is 1. The molecule has 0 saturated carbocycles. The molecule has 0 bridgehead atoms. The maximum Gasteiger partial charge on any atom is 0.332 e. The lowest BCUT2D eigenvalue weighted by Crippen LogP contribution is -2.29. The van der Waals surface area contributed by atoms with Crippen molar-refractivity contribution in [3.63, 3.8) is 0 Å². The van der Waals surface area contributed by atoms with Gasteiger partial charge in [-0.2, -0.15) is 5.06 Å². The lowest BCUT2D eigenvalue weighted by Gasteiger charge is -2.13. The van der Waals surface area contributed by atoms with Gasteiger partial charge in [-0.25, -0.2) is 4.79 Å². The van der Waals surface area contributed by atoms with Crippen molar-refractivity contribution in [1.82, 2.24) is 5.06 Å². The van der Waals surface area contributed by atoms with Crippen LogP contribution in [-0.2, 0) is 38.2 Å². The van der Waals surface area contributed by atoms with Crippen LogP contribution in [0.15, 0.2) is 48.5 Å². The molecule has 9 heteroatoms. The van der Waals surface area contributed by atoms with Gasteiger partial charge in [-0.15, -0.1) is 0 Å². The summed E-state index contributed by atoms with van der Waals surface area (Å²) < 4.78 is 21.4. The predicted molar refractivity (Wildman–Crippen MR) is 138 cm³/mol. The van der Waals surface area contributed by atoms with Crippen LogP contribution in [0.4, 0.5) is 0 Å². The third-order valence-corrected chi connectivity index (χ3v) is 6.34. The number of hydroxylamine groups is 2. The Bertz CT molecular complexity index is 1030. The van der Waals surface area contributed by atoms with Crippen LogP contribution in [0, 0.1) is 6.42 Å². The van der Waals surface area contributed by atoms with Gasteiger partial charge < -0.3 is 18.9 Å². The fraction of sp³-hybridized carbons (Fsp3) is 0.448. The van der Waals surface area contributed by atoms with E-state index in [0.717, 1.165) is 11.5 Å². The molecule has 2 aromatic carbocycles. The number of carbonyl (C=O) groups excluding carboxylic acids is 3. The molecule has 1 saturated heterocycles. The molecule has 9 nitrogen and oxygen atoms in total. The normalized spacial score (nSPS) is 14.7. The summed E-state index contributed by atoms with van der Waals surface area (Å²) in [5, 5.41) is 0.836. The number of imide groups is 1. The minimum Gasteiger partial charge on any atom is -0.462 e. The second-order valence-electron chi connectivity index (χ2n) is 8.98. The average Bonchev–Trinajstić information content (AvgIpc) is 3.43. The molecule has 1 heterocycles. The molecular formula is C29H34NO8. The molecule has 1 aliphatic carbocycles. The lowest BCUT2D eigenvalue weighted by molar-refractivity contribution is -0.188. The summed E-state index contributed by atoms with van der Waals surface area (Å²) >= 11 is 0. The molecule has 4 rings (SSSR count). The zero-order valence-electron chi connectivity index (χ0n) is 21.5. The molecule has 0 aromatic heterocycles. The topological polar surface area (TPSA) is 101 Å². The Hall–Kier alpha value is -3.11. The first-order valence-corrected chi connectivity index (χ1v) is 13.0. The molecule has 38 heavy (non-hydrogen) atoms. The Morgan fingerprint density at radius 3 is 2.08 bits per heavy atom. The summed E-state index contributed by atoms with van der Waals surface area (Å²) in [4.78, 5) is 39.8. The number of hydrogen-bond acceptors (Lipinski definition) is 8. The van der Waals surface area contributed by atoms with Crippen LogP contribution in [0.5, 0.6) is 0 Å². The van der Waals surface area contributed by atoms with E-state index >= 15 is 0 Å². The highest BCUT2D eigenvalue weighted by molar-refractivity contribution is 6.00. The summed E-state index contributed by atoms with van der Waals surface area (Å²) in [6.07, 6.45) is 3.87. The number of rotatable bonds is 17. The third kappa shape index (κ3) is 7.70. The first-order valence-electron chi connectivity index (χ1n) is 13.0. The highest BCUT2D eigenvalue weighted by atomic mass is 16.7. The minimum atomic E-state index is -0.426. The predicted octanol–water partition coefficient (Wildman–Crippen LogP) is 3.46. The summed E-state index contributed by atoms with van der Waals surface area (Å²) in [5.74, 6) is -0.720. The molecule has 1 radical (unpaired) electrons.